The zero-order valence-electron chi connectivity index (χ0n) is 18.1. The smallest absolute Gasteiger partial charge is 0.230 e. The van der Waals surface area contributed by atoms with Crippen LogP contribution in [-0.4, -0.2) is 19.1 Å². The minimum absolute atomic E-state index is 0.0904. The van der Waals surface area contributed by atoms with Gasteiger partial charge in [0.2, 0.25) is 5.91 Å². The normalized spacial score (nSPS) is 12.6. The molecule has 0 fully saturated rings. The average Bonchev–Trinajstić information content (AvgIpc) is 2.82. The number of nitrogens with one attached hydrogen (secondary N) is 1. The van der Waals surface area contributed by atoms with E-state index in [1.54, 1.807) is 13.2 Å². The Morgan fingerprint density at radius 3 is 2.26 bits per heavy atom. The van der Waals surface area contributed by atoms with Gasteiger partial charge in [-0.05, 0) is 35.7 Å². The highest BCUT2D eigenvalue weighted by atomic mass is 16.5. The lowest BCUT2D eigenvalue weighted by molar-refractivity contribution is -0.125. The van der Waals surface area contributed by atoms with Gasteiger partial charge in [-0.2, -0.15) is 0 Å². The number of benzene rings is 3. The summed E-state index contributed by atoms with van der Waals surface area (Å²) in [6, 6.07) is 25.5. The number of rotatable bonds is 10. The number of hydrogen-bond donors (Lipinski definition) is 1. The van der Waals surface area contributed by atoms with Crippen LogP contribution in [0.5, 0.6) is 5.75 Å². The molecule has 0 aliphatic carbocycles. The summed E-state index contributed by atoms with van der Waals surface area (Å²) in [6.45, 7) is 6.80. The molecule has 3 aromatic carbocycles. The maximum atomic E-state index is 13.2. The van der Waals surface area contributed by atoms with E-state index < -0.39 is 12.0 Å². The van der Waals surface area contributed by atoms with Crippen molar-refractivity contribution in [1.82, 2.24) is 5.32 Å². The van der Waals surface area contributed by atoms with Gasteiger partial charge < -0.3 is 14.8 Å². The zero-order chi connectivity index (χ0) is 22.1. The fraction of sp³-hybridized carbons (Fsp3) is 0.222. The third-order valence-electron chi connectivity index (χ3n) is 5.19. The van der Waals surface area contributed by atoms with E-state index in [0.717, 1.165) is 28.0 Å². The molecule has 2 atom stereocenters. The monoisotopic (exact) mass is 415 g/mol. The fourth-order valence-electron chi connectivity index (χ4n) is 3.37. The number of ether oxygens (including phenoxy) is 2. The molecule has 3 rings (SSSR count). The van der Waals surface area contributed by atoms with Crippen molar-refractivity contribution in [3.63, 3.8) is 0 Å². The second-order valence-corrected chi connectivity index (χ2v) is 7.45. The number of carbonyl (C=O) groups excluding carboxylic acids is 1. The summed E-state index contributed by atoms with van der Waals surface area (Å²) in [7, 11) is 1.64. The molecule has 0 radical (unpaired) electrons. The highest BCUT2D eigenvalue weighted by Crippen LogP contribution is 2.25. The Morgan fingerprint density at radius 2 is 1.65 bits per heavy atom. The van der Waals surface area contributed by atoms with Crippen LogP contribution < -0.4 is 10.1 Å². The van der Waals surface area contributed by atoms with Crippen LogP contribution in [0.4, 0.5) is 0 Å². The van der Waals surface area contributed by atoms with E-state index in [-0.39, 0.29) is 5.91 Å². The lowest BCUT2D eigenvalue weighted by Gasteiger charge is -2.25. The quantitative estimate of drug-likeness (QED) is 0.465. The van der Waals surface area contributed by atoms with E-state index in [2.05, 4.69) is 11.9 Å². The summed E-state index contributed by atoms with van der Waals surface area (Å²) in [5, 5.41) is 3.06. The van der Waals surface area contributed by atoms with E-state index >= 15 is 0 Å². The Hall–Kier alpha value is -3.37. The van der Waals surface area contributed by atoms with Gasteiger partial charge in [0.25, 0.3) is 0 Å². The molecule has 3 aromatic rings. The second-order valence-electron chi connectivity index (χ2n) is 7.45. The van der Waals surface area contributed by atoms with Gasteiger partial charge in [-0.25, -0.2) is 0 Å². The van der Waals surface area contributed by atoms with Gasteiger partial charge >= 0.3 is 0 Å². The molecule has 0 heterocycles. The van der Waals surface area contributed by atoms with Crippen molar-refractivity contribution >= 4 is 5.91 Å². The molecule has 0 saturated heterocycles. The van der Waals surface area contributed by atoms with Gasteiger partial charge in [0.05, 0.1) is 25.7 Å². The van der Waals surface area contributed by atoms with Crippen molar-refractivity contribution < 1.29 is 14.3 Å². The van der Waals surface area contributed by atoms with E-state index in [0.29, 0.717) is 13.2 Å². The van der Waals surface area contributed by atoms with Crippen LogP contribution in [0.15, 0.2) is 91.5 Å². The van der Waals surface area contributed by atoms with Crippen LogP contribution in [0, 0.1) is 6.92 Å². The molecule has 0 unspecified atom stereocenters. The summed E-state index contributed by atoms with van der Waals surface area (Å²) >= 11 is 0. The lowest BCUT2D eigenvalue weighted by Crippen LogP contribution is -2.36. The van der Waals surface area contributed by atoms with Gasteiger partial charge in [-0.15, -0.1) is 6.58 Å². The molecule has 160 valence electrons. The van der Waals surface area contributed by atoms with Crippen LogP contribution in [0.25, 0.3) is 0 Å². The van der Waals surface area contributed by atoms with Crippen LogP contribution in [-0.2, 0) is 22.7 Å². The Balaban J connectivity index is 1.76. The van der Waals surface area contributed by atoms with Gasteiger partial charge in [0.15, 0.2) is 0 Å². The molecule has 0 aromatic heterocycles. The molecule has 4 nitrogen and oxygen atoms in total. The van der Waals surface area contributed by atoms with Crippen molar-refractivity contribution in [1.29, 1.82) is 0 Å². The number of methoxy groups -OCH3 is 1. The van der Waals surface area contributed by atoms with Crippen LogP contribution in [0.1, 0.15) is 28.2 Å². The zero-order valence-corrected chi connectivity index (χ0v) is 18.1. The summed E-state index contributed by atoms with van der Waals surface area (Å²) in [4.78, 5) is 13.2. The van der Waals surface area contributed by atoms with Crippen LogP contribution in [0.2, 0.25) is 0 Å². The predicted octanol–water partition coefficient (Wildman–Crippen LogP) is 5.18. The Kier molecular flexibility index (Phi) is 8.02. The summed E-state index contributed by atoms with van der Waals surface area (Å²) < 4.78 is 11.4. The highest BCUT2D eigenvalue weighted by molar-refractivity contribution is 5.84. The Morgan fingerprint density at radius 1 is 0.968 bits per heavy atom. The minimum atomic E-state index is -0.500. The van der Waals surface area contributed by atoms with E-state index in [1.807, 2.05) is 85.8 Å². The topological polar surface area (TPSA) is 47.6 Å². The maximum absolute atomic E-state index is 13.2. The first-order valence-electron chi connectivity index (χ1n) is 10.4. The molecule has 31 heavy (non-hydrogen) atoms. The lowest BCUT2D eigenvalue weighted by atomic mass is 9.91. The standard InChI is InChI=1S/C27H29NO3/c1-4-25(31-19-22-12-16-24(30-3)17-13-22)26(23-14-10-20(2)11-15-23)27(29)28-18-21-8-6-5-7-9-21/h4-17,25-26H,1,18-19H2,2-3H3,(H,28,29)/t25-,26-/m1/s1. The number of hydrogen-bond acceptors (Lipinski definition) is 3. The fourth-order valence-corrected chi connectivity index (χ4v) is 3.37. The molecule has 4 heteroatoms. The highest BCUT2D eigenvalue weighted by Gasteiger charge is 2.29. The minimum Gasteiger partial charge on any atom is -0.497 e. The molecule has 0 spiro atoms. The number of aryl methyl sites for hydroxylation is 1. The molecule has 0 aliphatic heterocycles. The molecule has 0 bridgehead atoms. The maximum Gasteiger partial charge on any atom is 0.230 e. The predicted molar refractivity (Wildman–Crippen MR) is 124 cm³/mol. The Labute approximate surface area is 184 Å². The third-order valence-corrected chi connectivity index (χ3v) is 5.19. The second kappa shape index (κ2) is 11.1. The largest absolute Gasteiger partial charge is 0.497 e. The Bertz CT molecular complexity index is 966. The van der Waals surface area contributed by atoms with Crippen molar-refractivity contribution in [3.8, 4) is 5.75 Å². The van der Waals surface area contributed by atoms with Crippen LogP contribution >= 0.6 is 0 Å². The number of carbonyl (C=O) groups is 1. The van der Waals surface area contributed by atoms with Gasteiger partial charge in [-0.3, -0.25) is 4.79 Å². The number of amides is 1. The first-order valence-corrected chi connectivity index (χ1v) is 10.4. The van der Waals surface area contributed by atoms with Crippen molar-refractivity contribution in [2.45, 2.75) is 32.1 Å². The molecule has 1 amide bonds. The van der Waals surface area contributed by atoms with Crippen LogP contribution in [0.3, 0.4) is 0 Å². The van der Waals surface area contributed by atoms with Crippen molar-refractivity contribution in [3.05, 3.63) is 114 Å². The van der Waals surface area contributed by atoms with Gasteiger partial charge in [0.1, 0.15) is 5.75 Å². The molecule has 0 saturated carbocycles. The van der Waals surface area contributed by atoms with E-state index in [4.69, 9.17) is 9.47 Å². The summed E-state index contributed by atoms with van der Waals surface area (Å²) in [5.74, 6) is 0.203. The molecular weight excluding hydrogens is 386 g/mol. The first kappa shape index (κ1) is 22.3. The van der Waals surface area contributed by atoms with E-state index in [1.165, 1.54) is 0 Å². The van der Waals surface area contributed by atoms with E-state index in [9.17, 15) is 4.79 Å². The SMILES string of the molecule is C=C[C@@H](OCc1ccc(OC)cc1)[C@H](C(=O)NCc1ccccc1)c1ccc(C)cc1. The first-order chi connectivity index (χ1) is 15.1. The molecule has 1 N–H and O–H groups in total. The summed E-state index contributed by atoms with van der Waals surface area (Å²) in [6.07, 6.45) is 1.23. The van der Waals surface area contributed by atoms with Crippen molar-refractivity contribution in [2.75, 3.05) is 7.11 Å². The average molecular weight is 416 g/mol. The van der Waals surface area contributed by atoms with Gasteiger partial charge in [-0.1, -0.05) is 78.4 Å². The summed E-state index contributed by atoms with van der Waals surface area (Å²) in [5.41, 5.74) is 4.09. The third kappa shape index (κ3) is 6.30. The molecule has 0 aliphatic rings. The molecular formula is C27H29NO3. The van der Waals surface area contributed by atoms with Crippen molar-refractivity contribution in [2.24, 2.45) is 0 Å². The van der Waals surface area contributed by atoms with Gasteiger partial charge in [0, 0.05) is 6.54 Å².